The highest BCUT2D eigenvalue weighted by Crippen LogP contribution is 2.40. The normalized spacial score (nSPS) is 17.7. The van der Waals surface area contributed by atoms with Gasteiger partial charge in [0.15, 0.2) is 0 Å². The van der Waals surface area contributed by atoms with Crippen molar-refractivity contribution in [2.45, 2.75) is 64.0 Å². The second-order valence-corrected chi connectivity index (χ2v) is 10.4. The van der Waals surface area contributed by atoms with E-state index in [1.54, 1.807) is 4.90 Å². The van der Waals surface area contributed by atoms with Crippen LogP contribution in [0.1, 0.15) is 53.0 Å². The minimum absolute atomic E-state index is 0.00872. The van der Waals surface area contributed by atoms with E-state index in [4.69, 9.17) is 4.74 Å². The summed E-state index contributed by atoms with van der Waals surface area (Å²) in [6, 6.07) is 2.05. The van der Waals surface area contributed by atoms with Crippen LogP contribution < -0.4 is 5.32 Å². The van der Waals surface area contributed by atoms with Crippen LogP contribution in [0.2, 0.25) is 0 Å². The Morgan fingerprint density at radius 2 is 1.81 bits per heavy atom. The number of hydrogen-bond acceptors (Lipinski definition) is 5. The van der Waals surface area contributed by atoms with Crippen LogP contribution in [0.3, 0.4) is 0 Å². The highest BCUT2D eigenvalue weighted by Gasteiger charge is 2.43. The summed E-state index contributed by atoms with van der Waals surface area (Å²) in [6.45, 7) is 10.2. The third-order valence-electron chi connectivity index (χ3n) is 5.15. The molecule has 31 heavy (non-hydrogen) atoms. The number of likely N-dealkylation sites (tertiary alicyclic amines) is 1. The van der Waals surface area contributed by atoms with Crippen molar-refractivity contribution in [2.75, 3.05) is 24.2 Å². The van der Waals surface area contributed by atoms with Crippen molar-refractivity contribution >= 4 is 29.6 Å². The molecule has 1 unspecified atom stereocenters. The topological polar surface area (TPSA) is 71.5 Å². The third kappa shape index (κ3) is 6.75. The zero-order valence-electron chi connectivity index (χ0n) is 18.5. The first-order valence-electron chi connectivity index (χ1n) is 10.2. The van der Waals surface area contributed by atoms with Gasteiger partial charge in [0.25, 0.3) is 0 Å². The zero-order valence-corrected chi connectivity index (χ0v) is 19.3. The number of nitrogens with one attached hydrogen (secondary N) is 1. The van der Waals surface area contributed by atoms with Gasteiger partial charge in [-0.05, 0) is 64.3 Å². The number of carbonyl (C=O) groups is 2. The van der Waals surface area contributed by atoms with Crippen molar-refractivity contribution in [3.05, 3.63) is 23.9 Å². The van der Waals surface area contributed by atoms with Crippen molar-refractivity contribution in [1.82, 2.24) is 9.88 Å². The second-order valence-electron chi connectivity index (χ2n) is 8.67. The van der Waals surface area contributed by atoms with Crippen LogP contribution in [0.25, 0.3) is 0 Å². The summed E-state index contributed by atoms with van der Waals surface area (Å²) in [5.74, 6) is 0.455. The van der Waals surface area contributed by atoms with Gasteiger partial charge in [0.2, 0.25) is 5.91 Å². The molecule has 1 saturated heterocycles. The number of amides is 2. The summed E-state index contributed by atoms with van der Waals surface area (Å²) in [4.78, 5) is 30.8. The third-order valence-corrected chi connectivity index (χ3v) is 6.56. The second kappa shape index (κ2) is 9.67. The molecule has 6 nitrogen and oxygen atoms in total. The fourth-order valence-corrected chi connectivity index (χ4v) is 4.74. The van der Waals surface area contributed by atoms with Crippen LogP contribution in [0, 0.1) is 5.92 Å². The predicted molar refractivity (Wildman–Crippen MR) is 115 cm³/mol. The average molecular weight is 462 g/mol. The number of carbonyl (C=O) groups excluding carboxylic acids is 2. The number of rotatable bonds is 5. The molecule has 0 aromatic carbocycles. The Hall–Kier alpha value is -1.97. The molecule has 10 heteroatoms. The summed E-state index contributed by atoms with van der Waals surface area (Å²) >= 11 is 1.49. The Balaban J connectivity index is 2.06. The van der Waals surface area contributed by atoms with E-state index in [1.165, 1.54) is 11.8 Å². The zero-order chi connectivity index (χ0) is 23.4. The van der Waals surface area contributed by atoms with Crippen LogP contribution in [0.5, 0.6) is 0 Å². The number of nitrogens with zero attached hydrogens (tertiary/aromatic N) is 2. The van der Waals surface area contributed by atoms with Gasteiger partial charge in [0, 0.05) is 19.3 Å². The van der Waals surface area contributed by atoms with Gasteiger partial charge in [-0.1, -0.05) is 6.92 Å². The molecule has 0 radical (unpaired) electrons. The van der Waals surface area contributed by atoms with Crippen molar-refractivity contribution in [2.24, 2.45) is 5.92 Å². The maximum absolute atomic E-state index is 13.1. The number of anilines is 1. The van der Waals surface area contributed by atoms with Crippen LogP contribution in [0.4, 0.5) is 23.8 Å². The molecule has 2 heterocycles. The Labute approximate surface area is 185 Å². The van der Waals surface area contributed by atoms with Gasteiger partial charge in [0.05, 0.1) is 10.3 Å². The van der Waals surface area contributed by atoms with E-state index in [1.807, 2.05) is 34.6 Å². The van der Waals surface area contributed by atoms with Gasteiger partial charge in [-0.25, -0.2) is 9.78 Å². The number of ether oxygens (including phenoxy) is 1. The molecule has 1 aromatic rings. The van der Waals surface area contributed by atoms with E-state index in [0.29, 0.717) is 37.9 Å². The van der Waals surface area contributed by atoms with Gasteiger partial charge < -0.3 is 15.0 Å². The minimum Gasteiger partial charge on any atom is -0.444 e. The first kappa shape index (κ1) is 25.3. The van der Waals surface area contributed by atoms with Crippen LogP contribution in [0.15, 0.2) is 18.3 Å². The quantitative estimate of drug-likeness (QED) is 0.653. The number of alkyl halides is 3. The van der Waals surface area contributed by atoms with Crippen LogP contribution in [-0.2, 0) is 15.7 Å². The molecule has 2 rings (SSSR count). The molecule has 0 spiro atoms. The number of halogens is 3. The number of pyridine rings is 1. The molecule has 1 aromatic heterocycles. The summed E-state index contributed by atoms with van der Waals surface area (Å²) in [5.41, 5.74) is -1.44. The Morgan fingerprint density at radius 1 is 1.19 bits per heavy atom. The average Bonchev–Trinajstić information content (AvgIpc) is 2.66. The van der Waals surface area contributed by atoms with Crippen molar-refractivity contribution in [3.63, 3.8) is 0 Å². The Morgan fingerprint density at radius 3 is 2.26 bits per heavy atom. The lowest BCUT2D eigenvalue weighted by Gasteiger charge is -2.41. The number of piperidine rings is 1. The molecular weight excluding hydrogens is 431 g/mol. The van der Waals surface area contributed by atoms with E-state index in [2.05, 4.69) is 10.3 Å². The standard InChI is InChI=1S/C21H30F3N3O3S/c1-6-31-20(5,14-9-11-27(12-10-14)18(29)30-19(2,3)4)17(28)26-16-8-7-15(13-25-16)21(22,23)24/h7-8,13-14H,6,9-12H2,1-5H3,(H,25,26,28). The SMILES string of the molecule is CCSC(C)(C(=O)Nc1ccc(C(F)(F)F)cn1)C1CCN(C(=O)OC(C)(C)C)CC1. The van der Waals surface area contributed by atoms with Gasteiger partial charge in [-0.2, -0.15) is 13.2 Å². The summed E-state index contributed by atoms with van der Waals surface area (Å²) in [6.07, 6.45) is -2.90. The largest absolute Gasteiger partial charge is 0.444 e. The monoisotopic (exact) mass is 461 g/mol. The predicted octanol–water partition coefficient (Wildman–Crippen LogP) is 5.20. The molecule has 1 N–H and O–H groups in total. The molecule has 174 valence electrons. The smallest absolute Gasteiger partial charge is 0.417 e. The summed E-state index contributed by atoms with van der Waals surface area (Å²) < 4.78 is 42.8. The number of thioether (sulfide) groups is 1. The molecule has 2 amide bonds. The van der Waals surface area contributed by atoms with Gasteiger partial charge in [0.1, 0.15) is 11.4 Å². The molecule has 1 aliphatic rings. The molecule has 1 atom stereocenters. The van der Waals surface area contributed by atoms with E-state index in [-0.39, 0.29) is 23.7 Å². The Kier molecular flexibility index (Phi) is 7.89. The highest BCUT2D eigenvalue weighted by atomic mass is 32.2. The van der Waals surface area contributed by atoms with Crippen molar-refractivity contribution < 1.29 is 27.5 Å². The van der Waals surface area contributed by atoms with Gasteiger partial charge in [-0.3, -0.25) is 4.79 Å². The summed E-state index contributed by atoms with van der Waals surface area (Å²) in [5, 5.41) is 2.66. The van der Waals surface area contributed by atoms with Crippen LogP contribution in [-0.4, -0.2) is 51.1 Å². The summed E-state index contributed by atoms with van der Waals surface area (Å²) in [7, 11) is 0. The molecule has 0 saturated carbocycles. The van der Waals surface area contributed by atoms with Crippen LogP contribution >= 0.6 is 11.8 Å². The molecule has 1 fully saturated rings. The van der Waals surface area contributed by atoms with Gasteiger partial charge >= 0.3 is 12.3 Å². The van der Waals surface area contributed by atoms with Crippen molar-refractivity contribution in [3.8, 4) is 0 Å². The van der Waals surface area contributed by atoms with E-state index in [0.717, 1.165) is 12.1 Å². The Bertz CT molecular complexity index is 773. The fraction of sp³-hybridized carbons (Fsp3) is 0.667. The van der Waals surface area contributed by atoms with Crippen molar-refractivity contribution in [1.29, 1.82) is 0 Å². The maximum Gasteiger partial charge on any atom is 0.417 e. The van der Waals surface area contributed by atoms with E-state index < -0.39 is 22.1 Å². The molecular formula is C21H30F3N3O3S. The van der Waals surface area contributed by atoms with E-state index in [9.17, 15) is 22.8 Å². The number of aromatic nitrogens is 1. The number of hydrogen-bond donors (Lipinski definition) is 1. The fourth-order valence-electron chi connectivity index (χ4n) is 3.48. The lowest BCUT2D eigenvalue weighted by atomic mass is 9.84. The molecule has 1 aliphatic heterocycles. The first-order chi connectivity index (χ1) is 14.3. The molecule has 0 aliphatic carbocycles. The highest BCUT2D eigenvalue weighted by molar-refractivity contribution is 8.01. The maximum atomic E-state index is 13.1. The minimum atomic E-state index is -4.48. The lowest BCUT2D eigenvalue weighted by Crippen LogP contribution is -2.50. The van der Waals surface area contributed by atoms with E-state index >= 15 is 0 Å². The van der Waals surface area contributed by atoms with Gasteiger partial charge in [-0.15, -0.1) is 11.8 Å². The first-order valence-corrected chi connectivity index (χ1v) is 11.2. The lowest BCUT2D eigenvalue weighted by molar-refractivity contribution is -0.137. The molecule has 0 bridgehead atoms.